The number of hydrogen-bond acceptors (Lipinski definition) is 5. The molecule has 0 radical (unpaired) electrons. The summed E-state index contributed by atoms with van der Waals surface area (Å²) in [4.78, 5) is 23.7. The Kier molecular flexibility index (Phi) is 6.54. The van der Waals surface area contributed by atoms with Gasteiger partial charge < -0.3 is 15.4 Å². The summed E-state index contributed by atoms with van der Waals surface area (Å²) in [6.45, 7) is 2.20. The molecular formula is C22H20ClN3O4. The van der Waals surface area contributed by atoms with Crippen LogP contribution in [0.3, 0.4) is 0 Å². The molecule has 0 fully saturated rings. The highest BCUT2D eigenvalue weighted by atomic mass is 35.5. The molecule has 7 nitrogen and oxygen atoms in total. The SMILES string of the molecule is COc1ccc(C)cc1NC(=O)c1ccc(NCc2ccccc2Cl)c([N+](=O)[O-])c1. The summed E-state index contributed by atoms with van der Waals surface area (Å²) in [5.41, 5.74) is 2.49. The fraction of sp³-hybridized carbons (Fsp3) is 0.136. The summed E-state index contributed by atoms with van der Waals surface area (Å²) < 4.78 is 5.26. The smallest absolute Gasteiger partial charge is 0.293 e. The van der Waals surface area contributed by atoms with E-state index in [1.807, 2.05) is 31.2 Å². The van der Waals surface area contributed by atoms with Crippen LogP contribution in [0.1, 0.15) is 21.5 Å². The van der Waals surface area contributed by atoms with Crippen LogP contribution in [0.5, 0.6) is 5.75 Å². The normalized spacial score (nSPS) is 10.4. The Morgan fingerprint density at radius 3 is 2.57 bits per heavy atom. The predicted molar refractivity (Wildman–Crippen MR) is 118 cm³/mol. The molecule has 30 heavy (non-hydrogen) atoms. The summed E-state index contributed by atoms with van der Waals surface area (Å²) >= 11 is 6.14. The molecule has 154 valence electrons. The molecule has 8 heteroatoms. The Morgan fingerprint density at radius 1 is 1.10 bits per heavy atom. The third-order valence-corrected chi connectivity index (χ3v) is 4.86. The minimum atomic E-state index is -0.529. The zero-order chi connectivity index (χ0) is 21.7. The van der Waals surface area contributed by atoms with Crippen molar-refractivity contribution in [3.05, 3.63) is 92.5 Å². The van der Waals surface area contributed by atoms with E-state index < -0.39 is 10.8 Å². The van der Waals surface area contributed by atoms with Crippen LogP contribution in [0.2, 0.25) is 5.02 Å². The van der Waals surface area contributed by atoms with E-state index in [-0.39, 0.29) is 11.3 Å². The Bertz CT molecular complexity index is 1100. The number of nitrogens with one attached hydrogen (secondary N) is 2. The number of anilines is 2. The molecule has 0 bridgehead atoms. The van der Waals surface area contributed by atoms with E-state index >= 15 is 0 Å². The van der Waals surface area contributed by atoms with Crippen LogP contribution >= 0.6 is 11.6 Å². The number of aryl methyl sites for hydroxylation is 1. The number of nitro benzene ring substituents is 1. The predicted octanol–water partition coefficient (Wildman–Crippen LogP) is 5.43. The van der Waals surface area contributed by atoms with E-state index in [0.29, 0.717) is 28.7 Å². The van der Waals surface area contributed by atoms with Gasteiger partial charge >= 0.3 is 0 Å². The molecule has 0 aliphatic heterocycles. The third-order valence-electron chi connectivity index (χ3n) is 4.49. The van der Waals surface area contributed by atoms with Gasteiger partial charge in [0.05, 0.1) is 17.7 Å². The van der Waals surface area contributed by atoms with E-state index in [9.17, 15) is 14.9 Å². The summed E-state index contributed by atoms with van der Waals surface area (Å²) in [6, 6.07) is 16.9. The van der Waals surface area contributed by atoms with Crippen molar-refractivity contribution in [1.29, 1.82) is 0 Å². The number of rotatable bonds is 7. The minimum absolute atomic E-state index is 0.161. The topological polar surface area (TPSA) is 93.5 Å². The third kappa shape index (κ3) is 4.87. The van der Waals surface area contributed by atoms with Crippen LogP contribution in [0.4, 0.5) is 17.1 Å². The van der Waals surface area contributed by atoms with E-state index in [0.717, 1.165) is 11.1 Å². The molecule has 0 atom stereocenters. The van der Waals surface area contributed by atoms with E-state index in [1.54, 1.807) is 18.2 Å². The first kappa shape index (κ1) is 21.1. The van der Waals surface area contributed by atoms with Gasteiger partial charge in [-0.2, -0.15) is 0 Å². The summed E-state index contributed by atoms with van der Waals surface area (Å²) in [7, 11) is 1.50. The van der Waals surface area contributed by atoms with Gasteiger partial charge in [0, 0.05) is 23.2 Å². The maximum absolute atomic E-state index is 12.7. The Labute approximate surface area is 178 Å². The lowest BCUT2D eigenvalue weighted by atomic mass is 10.1. The van der Waals surface area contributed by atoms with Crippen LogP contribution in [0, 0.1) is 17.0 Å². The fourth-order valence-electron chi connectivity index (χ4n) is 2.92. The van der Waals surface area contributed by atoms with Gasteiger partial charge in [-0.1, -0.05) is 35.9 Å². The molecule has 3 aromatic carbocycles. The van der Waals surface area contributed by atoms with Crippen molar-refractivity contribution in [3.63, 3.8) is 0 Å². The fourth-order valence-corrected chi connectivity index (χ4v) is 3.12. The van der Waals surface area contributed by atoms with Crippen LogP contribution in [0.25, 0.3) is 0 Å². The highest BCUT2D eigenvalue weighted by molar-refractivity contribution is 6.31. The molecule has 0 heterocycles. The molecule has 0 unspecified atom stereocenters. The number of halogens is 1. The summed E-state index contributed by atoms with van der Waals surface area (Å²) in [6.07, 6.45) is 0. The number of carbonyl (C=O) groups excluding carboxylic acids is 1. The number of amides is 1. The van der Waals surface area contributed by atoms with Gasteiger partial charge in [0.2, 0.25) is 0 Å². The van der Waals surface area contributed by atoms with Crippen LogP contribution in [-0.4, -0.2) is 17.9 Å². The van der Waals surface area contributed by atoms with Gasteiger partial charge in [-0.3, -0.25) is 14.9 Å². The second kappa shape index (κ2) is 9.28. The van der Waals surface area contributed by atoms with Crippen LogP contribution in [0.15, 0.2) is 60.7 Å². The van der Waals surface area contributed by atoms with Crippen molar-refractivity contribution >= 4 is 34.6 Å². The average molecular weight is 426 g/mol. The number of carbonyl (C=O) groups is 1. The molecule has 3 rings (SSSR count). The lowest BCUT2D eigenvalue weighted by Gasteiger charge is -2.12. The van der Waals surface area contributed by atoms with Crippen LogP contribution < -0.4 is 15.4 Å². The van der Waals surface area contributed by atoms with Crippen molar-refractivity contribution in [2.24, 2.45) is 0 Å². The monoisotopic (exact) mass is 425 g/mol. The lowest BCUT2D eigenvalue weighted by molar-refractivity contribution is -0.384. The Hall–Kier alpha value is -3.58. The van der Waals surface area contributed by atoms with Gasteiger partial charge in [0.1, 0.15) is 11.4 Å². The van der Waals surface area contributed by atoms with Crippen molar-refractivity contribution in [3.8, 4) is 5.75 Å². The molecule has 0 saturated carbocycles. The first-order valence-electron chi connectivity index (χ1n) is 9.10. The molecule has 3 aromatic rings. The average Bonchev–Trinajstić information content (AvgIpc) is 2.73. The quantitative estimate of drug-likeness (QED) is 0.389. The lowest BCUT2D eigenvalue weighted by Crippen LogP contribution is -2.13. The number of methoxy groups -OCH3 is 1. The standard InChI is InChI=1S/C22H20ClN3O4/c1-14-7-10-21(30-2)19(11-14)25-22(27)15-8-9-18(20(12-15)26(28)29)24-13-16-5-3-4-6-17(16)23/h3-12,24H,13H2,1-2H3,(H,25,27). The van der Waals surface area contributed by atoms with Crippen LogP contribution in [-0.2, 0) is 6.54 Å². The zero-order valence-corrected chi connectivity index (χ0v) is 17.2. The van der Waals surface area contributed by atoms with Gasteiger partial charge in [-0.15, -0.1) is 0 Å². The molecule has 0 aliphatic rings. The number of nitrogens with zero attached hydrogens (tertiary/aromatic N) is 1. The maximum Gasteiger partial charge on any atom is 0.293 e. The number of hydrogen-bond donors (Lipinski definition) is 2. The molecule has 0 aromatic heterocycles. The van der Waals surface area contributed by atoms with E-state index in [1.165, 1.54) is 25.3 Å². The molecular weight excluding hydrogens is 406 g/mol. The van der Waals surface area contributed by atoms with Crippen molar-refractivity contribution in [2.75, 3.05) is 17.7 Å². The van der Waals surface area contributed by atoms with Crippen molar-refractivity contribution < 1.29 is 14.5 Å². The molecule has 0 aliphatic carbocycles. The second-order valence-electron chi connectivity index (χ2n) is 6.59. The van der Waals surface area contributed by atoms with Gasteiger partial charge in [-0.25, -0.2) is 0 Å². The van der Waals surface area contributed by atoms with E-state index in [2.05, 4.69) is 10.6 Å². The molecule has 1 amide bonds. The maximum atomic E-state index is 12.7. The Balaban J connectivity index is 1.82. The first-order valence-corrected chi connectivity index (χ1v) is 9.48. The highest BCUT2D eigenvalue weighted by Crippen LogP contribution is 2.29. The number of benzene rings is 3. The minimum Gasteiger partial charge on any atom is -0.495 e. The Morgan fingerprint density at radius 2 is 1.87 bits per heavy atom. The number of nitro groups is 1. The van der Waals surface area contributed by atoms with Crippen molar-refractivity contribution in [2.45, 2.75) is 13.5 Å². The second-order valence-corrected chi connectivity index (χ2v) is 7.00. The van der Waals surface area contributed by atoms with Gasteiger partial charge in [0.25, 0.3) is 11.6 Å². The molecule has 0 spiro atoms. The summed E-state index contributed by atoms with van der Waals surface area (Å²) in [5.74, 6) is 0.0288. The van der Waals surface area contributed by atoms with E-state index in [4.69, 9.17) is 16.3 Å². The zero-order valence-electron chi connectivity index (χ0n) is 16.4. The summed E-state index contributed by atoms with van der Waals surface area (Å²) in [5, 5.41) is 17.9. The molecule has 0 saturated heterocycles. The molecule has 2 N–H and O–H groups in total. The largest absolute Gasteiger partial charge is 0.495 e. The highest BCUT2D eigenvalue weighted by Gasteiger charge is 2.19. The first-order chi connectivity index (χ1) is 14.4. The number of ether oxygens (including phenoxy) is 1. The van der Waals surface area contributed by atoms with Crippen molar-refractivity contribution in [1.82, 2.24) is 0 Å². The van der Waals surface area contributed by atoms with Gasteiger partial charge in [-0.05, 0) is 48.4 Å². The van der Waals surface area contributed by atoms with Gasteiger partial charge in [0.15, 0.2) is 0 Å².